The van der Waals surface area contributed by atoms with Crippen LogP contribution in [0.2, 0.25) is 0 Å². The van der Waals surface area contributed by atoms with Crippen molar-refractivity contribution in [1.82, 2.24) is 0 Å². The van der Waals surface area contributed by atoms with Gasteiger partial charge in [0.1, 0.15) is 5.04 Å². The lowest BCUT2D eigenvalue weighted by Gasteiger charge is -2.11. The maximum atomic E-state index is 12.7. The van der Waals surface area contributed by atoms with Gasteiger partial charge in [0.25, 0.3) is 6.43 Å². The first kappa shape index (κ1) is 14.3. The van der Waals surface area contributed by atoms with Gasteiger partial charge in [0.15, 0.2) is 0 Å². The fraction of sp³-hybridized carbons (Fsp3) is 0.600. The molecule has 0 aliphatic rings. The molecule has 0 atom stereocenters. The number of rotatable bonds is 5. The molecule has 0 saturated heterocycles. The van der Waals surface area contributed by atoms with E-state index in [1.54, 1.807) is 6.92 Å². The van der Waals surface area contributed by atoms with Crippen molar-refractivity contribution in [2.75, 3.05) is 7.05 Å². The van der Waals surface area contributed by atoms with Crippen LogP contribution in [0.1, 0.15) is 26.7 Å². The second kappa shape index (κ2) is 6.71. The van der Waals surface area contributed by atoms with Gasteiger partial charge in [-0.05, 0) is 13.3 Å². The summed E-state index contributed by atoms with van der Waals surface area (Å²) in [5.74, 6) is 0. The zero-order valence-corrected chi connectivity index (χ0v) is 10.0. The molecule has 0 heterocycles. The van der Waals surface area contributed by atoms with Crippen LogP contribution in [0.15, 0.2) is 16.1 Å². The van der Waals surface area contributed by atoms with E-state index in [-0.39, 0.29) is 17.0 Å². The Balaban J connectivity index is 4.94. The van der Waals surface area contributed by atoms with Gasteiger partial charge in [0, 0.05) is 19.0 Å². The fourth-order valence-corrected chi connectivity index (χ4v) is 1.27. The summed E-state index contributed by atoms with van der Waals surface area (Å²) in [6.45, 7) is 3.50. The van der Waals surface area contributed by atoms with Crippen LogP contribution in [0.5, 0.6) is 0 Å². The summed E-state index contributed by atoms with van der Waals surface area (Å²) in [5.41, 5.74) is 0.999. The Morgan fingerprint density at radius 2 is 2.00 bits per heavy atom. The molecule has 0 saturated carbocycles. The molecule has 0 amide bonds. The molecule has 5 heteroatoms. The highest BCUT2D eigenvalue weighted by Gasteiger charge is 2.17. The Labute approximate surface area is 94.4 Å². The summed E-state index contributed by atoms with van der Waals surface area (Å²) in [7, 11) is 1.48. The van der Waals surface area contributed by atoms with Crippen LogP contribution in [-0.4, -0.2) is 24.2 Å². The Hall–Kier alpha value is -0.710. The van der Waals surface area contributed by atoms with Crippen molar-refractivity contribution in [1.29, 1.82) is 5.41 Å². The molecule has 86 valence electrons. The number of allylic oxidation sites excluding steroid dienone is 2. The second-order valence-corrected chi connectivity index (χ2v) is 3.60. The third-order valence-corrected chi connectivity index (χ3v) is 2.50. The summed E-state index contributed by atoms with van der Waals surface area (Å²) < 4.78 is 25.4. The summed E-state index contributed by atoms with van der Waals surface area (Å²) in [5, 5.41) is 7.19. The zero-order chi connectivity index (χ0) is 12.0. The van der Waals surface area contributed by atoms with Crippen molar-refractivity contribution >= 4 is 23.4 Å². The first-order chi connectivity index (χ1) is 6.93. The molecule has 0 aromatic rings. The standard InChI is InChI=1S/C10H16F2N2S/c1-4-6(2)7(9(11)12)5-8(14-3)10(13)15/h9H,4-5H2,1-3H3,(H2,13,15)/b7-6+,14-8+. The maximum Gasteiger partial charge on any atom is 0.260 e. The van der Waals surface area contributed by atoms with Gasteiger partial charge in [-0.25, -0.2) is 8.78 Å². The largest absolute Gasteiger partial charge is 0.292 e. The third kappa shape index (κ3) is 4.55. The zero-order valence-electron chi connectivity index (χ0n) is 9.14. The first-order valence-electron chi connectivity index (χ1n) is 4.64. The molecule has 0 aromatic carbocycles. The number of hydrogen-bond donors (Lipinski definition) is 2. The minimum Gasteiger partial charge on any atom is -0.292 e. The summed E-state index contributed by atoms with van der Waals surface area (Å²) in [6, 6.07) is 0. The number of nitrogens with one attached hydrogen (secondary N) is 1. The van der Waals surface area contributed by atoms with Crippen molar-refractivity contribution in [2.45, 2.75) is 33.1 Å². The highest BCUT2D eigenvalue weighted by Crippen LogP contribution is 2.21. The van der Waals surface area contributed by atoms with Gasteiger partial charge in [-0.3, -0.25) is 10.4 Å². The molecule has 0 aromatic heterocycles. The lowest BCUT2D eigenvalue weighted by atomic mass is 10.0. The van der Waals surface area contributed by atoms with E-state index in [9.17, 15) is 8.78 Å². The van der Waals surface area contributed by atoms with Crippen molar-refractivity contribution < 1.29 is 8.78 Å². The van der Waals surface area contributed by atoms with Gasteiger partial charge >= 0.3 is 0 Å². The Morgan fingerprint density at radius 3 is 2.27 bits per heavy atom. The molecule has 1 N–H and O–H groups in total. The van der Waals surface area contributed by atoms with Gasteiger partial charge in [0.05, 0.1) is 5.71 Å². The minimum absolute atomic E-state index is 0.0101. The highest BCUT2D eigenvalue weighted by atomic mass is 32.1. The van der Waals surface area contributed by atoms with Crippen LogP contribution < -0.4 is 0 Å². The van der Waals surface area contributed by atoms with Crippen molar-refractivity contribution in [3.63, 3.8) is 0 Å². The number of alkyl halides is 2. The topological polar surface area (TPSA) is 36.2 Å². The van der Waals surface area contributed by atoms with Gasteiger partial charge in [0.2, 0.25) is 0 Å². The van der Waals surface area contributed by atoms with E-state index in [0.29, 0.717) is 17.7 Å². The maximum absolute atomic E-state index is 12.7. The molecule has 0 fully saturated rings. The summed E-state index contributed by atoms with van der Waals surface area (Å²) in [6.07, 6.45) is -1.90. The average Bonchev–Trinajstić information content (AvgIpc) is 2.17. The first-order valence-corrected chi connectivity index (χ1v) is 5.08. The molecule has 0 aliphatic heterocycles. The van der Waals surface area contributed by atoms with Crippen molar-refractivity contribution in [3.8, 4) is 0 Å². The quantitative estimate of drug-likeness (QED) is 0.317. The molecule has 15 heavy (non-hydrogen) atoms. The van der Waals surface area contributed by atoms with E-state index in [1.807, 2.05) is 6.92 Å². The van der Waals surface area contributed by atoms with E-state index in [1.165, 1.54) is 7.05 Å². The predicted molar refractivity (Wildman–Crippen MR) is 63.7 cm³/mol. The van der Waals surface area contributed by atoms with Crippen LogP contribution in [0.4, 0.5) is 8.78 Å². The smallest absolute Gasteiger partial charge is 0.260 e. The number of halogens is 2. The second-order valence-electron chi connectivity index (χ2n) is 3.16. The molecule has 0 bridgehead atoms. The Bertz CT molecular complexity index is 296. The van der Waals surface area contributed by atoms with E-state index in [0.717, 1.165) is 0 Å². The monoisotopic (exact) mass is 234 g/mol. The molecule has 0 radical (unpaired) electrons. The fourth-order valence-electron chi connectivity index (χ4n) is 1.09. The van der Waals surface area contributed by atoms with Gasteiger partial charge in [-0.2, -0.15) is 0 Å². The third-order valence-electron chi connectivity index (χ3n) is 2.24. The molecule has 0 rings (SSSR count). The van der Waals surface area contributed by atoms with Crippen LogP contribution in [0.3, 0.4) is 0 Å². The van der Waals surface area contributed by atoms with Crippen molar-refractivity contribution in [3.05, 3.63) is 11.1 Å². The molecule has 0 spiro atoms. The normalized spacial score (nSPS) is 14.2. The molecule has 2 nitrogen and oxygen atoms in total. The number of aliphatic imine (C=N–C) groups is 1. The average molecular weight is 234 g/mol. The molecular formula is C10H16F2N2S. The van der Waals surface area contributed by atoms with Crippen LogP contribution in [0.25, 0.3) is 0 Å². The van der Waals surface area contributed by atoms with E-state index >= 15 is 0 Å². The summed E-state index contributed by atoms with van der Waals surface area (Å²) >= 11 is 3.80. The van der Waals surface area contributed by atoms with Gasteiger partial charge < -0.3 is 0 Å². The Kier molecular flexibility index (Phi) is 6.40. The lowest BCUT2D eigenvalue weighted by molar-refractivity contribution is 0.186. The van der Waals surface area contributed by atoms with Gasteiger partial charge in [-0.1, -0.05) is 12.5 Å². The molecule has 0 unspecified atom stereocenters. The van der Waals surface area contributed by atoms with Crippen LogP contribution in [0, 0.1) is 5.41 Å². The van der Waals surface area contributed by atoms with Gasteiger partial charge in [-0.15, -0.1) is 12.6 Å². The number of nitrogens with zero attached hydrogens (tertiary/aromatic N) is 1. The SMILES string of the molecule is CC/C(C)=C(\C/C(=N\C)C(=N)S)C(F)F. The van der Waals surface area contributed by atoms with E-state index in [2.05, 4.69) is 17.6 Å². The number of hydrogen-bond acceptors (Lipinski definition) is 2. The molecular weight excluding hydrogens is 218 g/mol. The highest BCUT2D eigenvalue weighted by molar-refractivity contribution is 7.99. The Morgan fingerprint density at radius 1 is 1.47 bits per heavy atom. The van der Waals surface area contributed by atoms with Crippen molar-refractivity contribution in [2.24, 2.45) is 4.99 Å². The predicted octanol–water partition coefficient (Wildman–Crippen LogP) is 3.35. The van der Waals surface area contributed by atoms with E-state index < -0.39 is 6.43 Å². The number of thiol groups is 1. The van der Waals surface area contributed by atoms with Crippen LogP contribution in [-0.2, 0) is 0 Å². The van der Waals surface area contributed by atoms with E-state index in [4.69, 9.17) is 5.41 Å². The minimum atomic E-state index is -2.49. The summed E-state index contributed by atoms with van der Waals surface area (Å²) in [4.78, 5) is 3.77. The lowest BCUT2D eigenvalue weighted by Crippen LogP contribution is -2.13. The van der Waals surface area contributed by atoms with Crippen LogP contribution >= 0.6 is 12.6 Å². The molecule has 0 aliphatic carbocycles.